The molecule has 0 N–H and O–H groups in total. The van der Waals surface area contributed by atoms with Crippen LogP contribution >= 0.6 is 0 Å². The number of rotatable bonds is 8. The number of aryl methyl sites for hydroxylation is 1. The average molecular weight is 916 g/mol. The van der Waals surface area contributed by atoms with Crippen LogP contribution < -0.4 is 4.90 Å². The minimum atomic E-state index is -0.509. The predicted octanol–water partition coefficient (Wildman–Crippen LogP) is 19.0. The molecule has 0 aliphatic heterocycles. The van der Waals surface area contributed by atoms with Crippen LogP contribution in [0.2, 0.25) is 0 Å². The molecule has 0 unspecified atom stereocenters. The maximum Gasteiger partial charge on any atom is 0.0726 e. The quantitative estimate of drug-likeness (QED) is 0.147. The SMILES string of the molecule is CCc1cc2c(c3ccccc13)-c1c(N(c3ccc(-c4cccc5cccc(-c6ccccc6)c45)cc3)c3cccc(-c4ccc(-c5ccccc5)cc4)c3)cccc1C21c2ccccc2-c2ccccc21. The molecule has 12 aromatic carbocycles. The fraction of sp³-hybridized carbons (Fsp3) is 0.0423. The zero-order chi connectivity index (χ0) is 47.8. The van der Waals surface area contributed by atoms with Crippen LogP contribution in [0.25, 0.3) is 88.3 Å². The molecular formula is C71H49N. The summed E-state index contributed by atoms with van der Waals surface area (Å²) in [6.07, 6.45) is 0.942. The molecule has 0 saturated carbocycles. The number of hydrogen-bond acceptors (Lipinski definition) is 1. The largest absolute Gasteiger partial charge is 0.310 e. The summed E-state index contributed by atoms with van der Waals surface area (Å²) in [5.74, 6) is 0. The van der Waals surface area contributed by atoms with Gasteiger partial charge in [-0.25, -0.2) is 0 Å². The Hall–Kier alpha value is -9.04. The van der Waals surface area contributed by atoms with E-state index >= 15 is 0 Å². The Kier molecular flexibility index (Phi) is 9.79. The minimum Gasteiger partial charge on any atom is -0.310 e. The van der Waals surface area contributed by atoms with Crippen molar-refractivity contribution in [1.82, 2.24) is 0 Å². The Labute approximate surface area is 421 Å². The van der Waals surface area contributed by atoms with Crippen molar-refractivity contribution in [3.63, 3.8) is 0 Å². The summed E-state index contributed by atoms with van der Waals surface area (Å²) < 4.78 is 0. The van der Waals surface area contributed by atoms with E-state index in [-0.39, 0.29) is 0 Å². The minimum absolute atomic E-state index is 0.509. The summed E-state index contributed by atoms with van der Waals surface area (Å²) >= 11 is 0. The highest BCUT2D eigenvalue weighted by Crippen LogP contribution is 2.66. The van der Waals surface area contributed by atoms with Crippen molar-refractivity contribution >= 4 is 38.6 Å². The smallest absolute Gasteiger partial charge is 0.0726 e. The van der Waals surface area contributed by atoms with Gasteiger partial charge in [-0.3, -0.25) is 0 Å². The molecule has 2 aliphatic carbocycles. The highest BCUT2D eigenvalue weighted by atomic mass is 15.1. The molecule has 12 aromatic rings. The molecule has 72 heavy (non-hydrogen) atoms. The molecule has 1 nitrogen and oxygen atoms in total. The van der Waals surface area contributed by atoms with E-state index in [0.29, 0.717) is 0 Å². The van der Waals surface area contributed by atoms with E-state index in [0.717, 1.165) is 23.5 Å². The van der Waals surface area contributed by atoms with Crippen LogP contribution in [0.3, 0.4) is 0 Å². The fourth-order valence-corrected chi connectivity index (χ4v) is 12.5. The van der Waals surface area contributed by atoms with Gasteiger partial charge in [0.15, 0.2) is 0 Å². The second-order valence-corrected chi connectivity index (χ2v) is 19.3. The summed E-state index contributed by atoms with van der Waals surface area (Å²) in [4.78, 5) is 2.53. The maximum absolute atomic E-state index is 2.56. The first-order valence-corrected chi connectivity index (χ1v) is 25.3. The topological polar surface area (TPSA) is 3.24 Å². The number of anilines is 3. The third kappa shape index (κ3) is 6.34. The molecule has 0 bridgehead atoms. The van der Waals surface area contributed by atoms with Gasteiger partial charge in [0.25, 0.3) is 0 Å². The molecule has 14 rings (SSSR count). The van der Waals surface area contributed by atoms with Crippen LogP contribution in [0.5, 0.6) is 0 Å². The first-order valence-electron chi connectivity index (χ1n) is 25.3. The number of nitrogens with zero attached hydrogens (tertiary/aromatic N) is 1. The van der Waals surface area contributed by atoms with E-state index in [1.165, 1.54) is 116 Å². The van der Waals surface area contributed by atoms with Gasteiger partial charge in [-0.05, 0) is 147 Å². The van der Waals surface area contributed by atoms with Gasteiger partial charge in [-0.1, -0.05) is 244 Å². The Balaban J connectivity index is 1.02. The van der Waals surface area contributed by atoms with Crippen LogP contribution in [0, 0.1) is 0 Å². The lowest BCUT2D eigenvalue weighted by Gasteiger charge is -2.32. The van der Waals surface area contributed by atoms with Crippen molar-refractivity contribution in [3.05, 3.63) is 295 Å². The second kappa shape index (κ2) is 16.8. The molecule has 0 heterocycles. The molecule has 1 heteroatoms. The van der Waals surface area contributed by atoms with Crippen molar-refractivity contribution in [3.8, 4) is 66.8 Å². The summed E-state index contributed by atoms with van der Waals surface area (Å²) in [6, 6.07) is 99.4. The first-order chi connectivity index (χ1) is 35.7. The second-order valence-electron chi connectivity index (χ2n) is 19.3. The average Bonchev–Trinajstić information content (AvgIpc) is 3.94. The maximum atomic E-state index is 2.56. The predicted molar refractivity (Wildman–Crippen MR) is 304 cm³/mol. The Morgan fingerprint density at radius 2 is 0.806 bits per heavy atom. The van der Waals surface area contributed by atoms with Crippen LogP contribution in [0.4, 0.5) is 17.1 Å². The Morgan fingerprint density at radius 1 is 0.319 bits per heavy atom. The molecule has 0 atom stereocenters. The molecule has 338 valence electrons. The van der Waals surface area contributed by atoms with Crippen LogP contribution in [-0.2, 0) is 11.8 Å². The fourth-order valence-electron chi connectivity index (χ4n) is 12.5. The summed E-state index contributed by atoms with van der Waals surface area (Å²) in [6.45, 7) is 2.30. The summed E-state index contributed by atoms with van der Waals surface area (Å²) in [5, 5.41) is 5.11. The van der Waals surface area contributed by atoms with Gasteiger partial charge >= 0.3 is 0 Å². The van der Waals surface area contributed by atoms with E-state index in [2.05, 4.69) is 279 Å². The Bertz CT molecular complexity index is 4000. The zero-order valence-corrected chi connectivity index (χ0v) is 40.1. The highest BCUT2D eigenvalue weighted by molar-refractivity contribution is 6.12. The normalized spacial score (nSPS) is 12.7. The standard InChI is InChI=1S/C71H49N/c1-2-47-46-66-69(62-30-10-9-27-57(47)62)70-65(71(66)63-33-13-11-28-60(63)61-29-12-14-34-64(61)71)35-18-36-67(70)72(56-26-15-25-54(45-56)50-39-37-49(38-40-50)48-19-5-3-6-20-48)55-43-41-52(42-44-55)59-32-17-24-53-23-16-31-58(68(53)59)51-21-7-4-8-22-51/h3-46H,2H2,1H3. The van der Waals surface area contributed by atoms with Gasteiger partial charge < -0.3 is 4.90 Å². The highest BCUT2D eigenvalue weighted by Gasteiger charge is 2.53. The van der Waals surface area contributed by atoms with Crippen molar-refractivity contribution in [1.29, 1.82) is 0 Å². The van der Waals surface area contributed by atoms with Crippen molar-refractivity contribution < 1.29 is 0 Å². The lowest BCUT2D eigenvalue weighted by Crippen LogP contribution is -2.26. The number of fused-ring (bicyclic) bond motifs is 13. The van der Waals surface area contributed by atoms with E-state index in [9.17, 15) is 0 Å². The summed E-state index contributed by atoms with van der Waals surface area (Å²) in [7, 11) is 0. The third-order valence-corrected chi connectivity index (χ3v) is 15.7. The van der Waals surface area contributed by atoms with Crippen molar-refractivity contribution in [2.24, 2.45) is 0 Å². The molecule has 0 amide bonds. The van der Waals surface area contributed by atoms with Crippen molar-refractivity contribution in [2.75, 3.05) is 4.90 Å². The van der Waals surface area contributed by atoms with Crippen LogP contribution in [0.15, 0.2) is 267 Å². The zero-order valence-electron chi connectivity index (χ0n) is 40.1. The number of hydrogen-bond donors (Lipinski definition) is 0. The molecule has 0 fully saturated rings. The monoisotopic (exact) mass is 915 g/mol. The third-order valence-electron chi connectivity index (χ3n) is 15.7. The molecule has 2 aliphatic rings. The van der Waals surface area contributed by atoms with E-state index in [4.69, 9.17) is 0 Å². The summed E-state index contributed by atoms with van der Waals surface area (Å²) in [5.41, 5.74) is 24.5. The molecule has 0 radical (unpaired) electrons. The van der Waals surface area contributed by atoms with Gasteiger partial charge in [0.2, 0.25) is 0 Å². The van der Waals surface area contributed by atoms with E-state index < -0.39 is 5.41 Å². The van der Waals surface area contributed by atoms with Gasteiger partial charge in [-0.15, -0.1) is 0 Å². The van der Waals surface area contributed by atoms with Crippen molar-refractivity contribution in [2.45, 2.75) is 18.8 Å². The molecular weight excluding hydrogens is 867 g/mol. The Morgan fingerprint density at radius 3 is 1.47 bits per heavy atom. The van der Waals surface area contributed by atoms with Gasteiger partial charge in [-0.2, -0.15) is 0 Å². The van der Waals surface area contributed by atoms with Gasteiger partial charge in [0.1, 0.15) is 0 Å². The van der Waals surface area contributed by atoms with Crippen LogP contribution in [0.1, 0.15) is 34.7 Å². The van der Waals surface area contributed by atoms with Gasteiger partial charge in [0.05, 0.1) is 11.1 Å². The van der Waals surface area contributed by atoms with E-state index in [1.54, 1.807) is 0 Å². The molecule has 0 saturated heterocycles. The lowest BCUT2D eigenvalue weighted by atomic mass is 9.70. The van der Waals surface area contributed by atoms with Gasteiger partial charge in [0, 0.05) is 16.9 Å². The molecule has 1 spiro atoms. The number of benzene rings is 12. The lowest BCUT2D eigenvalue weighted by molar-refractivity contribution is 0.792. The first kappa shape index (κ1) is 41.9. The molecule has 0 aromatic heterocycles. The van der Waals surface area contributed by atoms with Crippen LogP contribution in [-0.4, -0.2) is 0 Å². The van der Waals surface area contributed by atoms with E-state index in [1.807, 2.05) is 0 Å².